The van der Waals surface area contributed by atoms with E-state index in [9.17, 15) is 9.90 Å². The lowest BCUT2D eigenvalue weighted by atomic mass is 9.75. The summed E-state index contributed by atoms with van der Waals surface area (Å²) >= 11 is 0. The van der Waals surface area contributed by atoms with Crippen molar-refractivity contribution in [3.63, 3.8) is 0 Å². The molecule has 0 aromatic rings. The topological polar surface area (TPSA) is 101 Å². The van der Waals surface area contributed by atoms with Crippen LogP contribution in [0.3, 0.4) is 0 Å². The Bertz CT molecular complexity index is 396. The van der Waals surface area contributed by atoms with Gasteiger partial charge in [-0.2, -0.15) is 0 Å². The van der Waals surface area contributed by atoms with E-state index >= 15 is 0 Å². The van der Waals surface area contributed by atoms with Crippen LogP contribution in [-0.2, 0) is 4.79 Å². The Morgan fingerprint density at radius 1 is 1.35 bits per heavy atom. The molecule has 2 rings (SSSR count). The average molecular weight is 281 g/mol. The number of carbonyl (C=O) groups excluding carboxylic acids is 1. The van der Waals surface area contributed by atoms with Crippen molar-refractivity contribution in [2.45, 2.75) is 70.2 Å². The van der Waals surface area contributed by atoms with Gasteiger partial charge < -0.3 is 21.9 Å². The smallest absolute Gasteiger partial charge is 0.249 e. The normalized spacial score (nSPS) is 34.5. The molecule has 0 radical (unpaired) electrons. The quantitative estimate of drug-likeness (QED) is 0.589. The van der Waals surface area contributed by atoms with E-state index in [1.54, 1.807) is 6.08 Å². The summed E-state index contributed by atoms with van der Waals surface area (Å²) in [7, 11) is 0. The fraction of sp³-hybridized carbons (Fsp3) is 0.800. The largest absolute Gasteiger partial charge is 0.388 e. The molecule has 1 saturated carbocycles. The molecule has 0 bridgehead atoms. The molecule has 6 N–H and O–H groups in total. The minimum Gasteiger partial charge on any atom is -0.388 e. The first kappa shape index (κ1) is 15.5. The van der Waals surface area contributed by atoms with Crippen LogP contribution in [0.15, 0.2) is 11.6 Å². The standard InChI is InChI=1S/C15H27N3O2/c1-15(2)5-3-9(4-6-15)18-14(20)10-7-11(16)12(17)8-13(10)19/h7,9,11-13,19H,3-6,8,16-17H2,1-2H3,(H,18,20). The van der Waals surface area contributed by atoms with E-state index in [0.29, 0.717) is 17.4 Å². The van der Waals surface area contributed by atoms with Crippen molar-refractivity contribution >= 4 is 5.91 Å². The predicted octanol–water partition coefficient (Wildman–Crippen LogP) is 0.417. The van der Waals surface area contributed by atoms with Crippen LogP contribution in [0.4, 0.5) is 0 Å². The number of rotatable bonds is 2. The van der Waals surface area contributed by atoms with E-state index in [1.165, 1.54) is 0 Å². The van der Waals surface area contributed by atoms with Crippen LogP contribution in [0.2, 0.25) is 0 Å². The molecule has 1 amide bonds. The zero-order chi connectivity index (χ0) is 14.9. The summed E-state index contributed by atoms with van der Waals surface area (Å²) in [4.78, 5) is 12.3. The molecule has 3 unspecified atom stereocenters. The number of carbonyl (C=O) groups is 1. The number of nitrogens with one attached hydrogen (secondary N) is 1. The van der Waals surface area contributed by atoms with Gasteiger partial charge in [0.1, 0.15) is 0 Å². The predicted molar refractivity (Wildman–Crippen MR) is 78.8 cm³/mol. The summed E-state index contributed by atoms with van der Waals surface area (Å²) in [5.41, 5.74) is 12.4. The summed E-state index contributed by atoms with van der Waals surface area (Å²) < 4.78 is 0. The minimum absolute atomic E-state index is 0.190. The Hall–Kier alpha value is -0.910. The maximum atomic E-state index is 12.3. The average Bonchev–Trinajstić information content (AvgIpc) is 2.36. The summed E-state index contributed by atoms with van der Waals surface area (Å²) in [5, 5.41) is 13.0. The van der Waals surface area contributed by atoms with Crippen LogP contribution in [0, 0.1) is 5.41 Å². The monoisotopic (exact) mass is 281 g/mol. The van der Waals surface area contributed by atoms with Crippen molar-refractivity contribution < 1.29 is 9.90 Å². The van der Waals surface area contributed by atoms with Gasteiger partial charge in [-0.3, -0.25) is 4.79 Å². The van der Waals surface area contributed by atoms with Gasteiger partial charge in [-0.1, -0.05) is 19.9 Å². The van der Waals surface area contributed by atoms with E-state index in [1.807, 2.05) is 0 Å². The Morgan fingerprint density at radius 2 is 1.95 bits per heavy atom. The van der Waals surface area contributed by atoms with Gasteiger partial charge in [0.25, 0.3) is 0 Å². The number of amides is 1. The van der Waals surface area contributed by atoms with E-state index in [0.717, 1.165) is 25.7 Å². The van der Waals surface area contributed by atoms with Gasteiger partial charge in [-0.15, -0.1) is 0 Å². The highest BCUT2D eigenvalue weighted by atomic mass is 16.3. The Balaban J connectivity index is 1.94. The second-order valence-electron chi connectivity index (χ2n) is 7.03. The van der Waals surface area contributed by atoms with Crippen molar-refractivity contribution in [3.8, 4) is 0 Å². The molecule has 0 heterocycles. The maximum Gasteiger partial charge on any atom is 0.249 e. The molecule has 1 fully saturated rings. The van der Waals surface area contributed by atoms with E-state index in [4.69, 9.17) is 11.5 Å². The summed E-state index contributed by atoms with van der Waals surface area (Å²) in [6.07, 6.45) is 5.37. The first-order valence-corrected chi connectivity index (χ1v) is 7.50. The molecule has 5 heteroatoms. The lowest BCUT2D eigenvalue weighted by molar-refractivity contribution is -0.119. The van der Waals surface area contributed by atoms with Crippen molar-refractivity contribution in [2.24, 2.45) is 16.9 Å². The lowest BCUT2D eigenvalue weighted by Crippen LogP contribution is -2.49. The first-order valence-electron chi connectivity index (χ1n) is 7.50. The molecule has 2 aliphatic rings. The van der Waals surface area contributed by atoms with Gasteiger partial charge in [0.2, 0.25) is 5.91 Å². The molecule has 20 heavy (non-hydrogen) atoms. The van der Waals surface area contributed by atoms with E-state index < -0.39 is 6.10 Å². The highest BCUT2D eigenvalue weighted by Gasteiger charge is 2.32. The highest BCUT2D eigenvalue weighted by Crippen LogP contribution is 2.35. The molecule has 0 saturated heterocycles. The molecular formula is C15H27N3O2. The molecule has 114 valence electrons. The minimum atomic E-state index is -0.801. The van der Waals surface area contributed by atoms with Crippen molar-refractivity contribution in [2.75, 3.05) is 0 Å². The fourth-order valence-corrected chi connectivity index (χ4v) is 3.02. The van der Waals surface area contributed by atoms with Gasteiger partial charge in [0, 0.05) is 23.7 Å². The number of hydrogen-bond donors (Lipinski definition) is 4. The fourth-order valence-electron chi connectivity index (χ4n) is 3.02. The van der Waals surface area contributed by atoms with Crippen LogP contribution < -0.4 is 16.8 Å². The molecule has 0 aromatic carbocycles. The number of nitrogens with two attached hydrogens (primary N) is 2. The van der Waals surface area contributed by atoms with Gasteiger partial charge in [0.15, 0.2) is 0 Å². The molecule has 0 spiro atoms. The Labute approximate surface area is 120 Å². The van der Waals surface area contributed by atoms with Gasteiger partial charge in [0.05, 0.1) is 6.10 Å². The van der Waals surface area contributed by atoms with Crippen molar-refractivity contribution in [3.05, 3.63) is 11.6 Å². The third-order valence-corrected chi connectivity index (χ3v) is 4.66. The maximum absolute atomic E-state index is 12.3. The SMILES string of the molecule is CC1(C)CCC(NC(=O)C2=CC(N)C(N)CC2O)CC1. The first-order chi connectivity index (χ1) is 9.28. The second-order valence-corrected chi connectivity index (χ2v) is 7.03. The second kappa shape index (κ2) is 5.84. The molecule has 3 atom stereocenters. The van der Waals surface area contributed by atoms with Crippen LogP contribution in [0.1, 0.15) is 46.0 Å². The lowest BCUT2D eigenvalue weighted by Gasteiger charge is -2.35. The van der Waals surface area contributed by atoms with Crippen molar-refractivity contribution in [1.82, 2.24) is 5.32 Å². The Kier molecular flexibility index (Phi) is 4.52. The van der Waals surface area contributed by atoms with Crippen LogP contribution in [0.25, 0.3) is 0 Å². The number of aliphatic hydroxyl groups excluding tert-OH is 1. The van der Waals surface area contributed by atoms with Gasteiger partial charge in [-0.05, 0) is 37.5 Å². The molecule has 5 nitrogen and oxygen atoms in total. The third kappa shape index (κ3) is 3.59. The summed E-state index contributed by atoms with van der Waals surface area (Å²) in [5.74, 6) is -0.190. The molecule has 0 aliphatic heterocycles. The highest BCUT2D eigenvalue weighted by molar-refractivity contribution is 5.95. The third-order valence-electron chi connectivity index (χ3n) is 4.66. The molecular weight excluding hydrogens is 254 g/mol. The van der Waals surface area contributed by atoms with Crippen LogP contribution in [-0.4, -0.2) is 35.2 Å². The van der Waals surface area contributed by atoms with Crippen molar-refractivity contribution in [1.29, 1.82) is 0 Å². The Morgan fingerprint density at radius 3 is 2.55 bits per heavy atom. The number of hydrogen-bond acceptors (Lipinski definition) is 4. The summed E-state index contributed by atoms with van der Waals surface area (Å²) in [6.45, 7) is 4.53. The van der Waals surface area contributed by atoms with E-state index in [-0.39, 0.29) is 24.0 Å². The van der Waals surface area contributed by atoms with Gasteiger partial charge in [-0.25, -0.2) is 0 Å². The summed E-state index contributed by atoms with van der Waals surface area (Å²) in [6, 6.07) is -0.433. The number of aliphatic hydroxyl groups is 1. The molecule has 2 aliphatic carbocycles. The van der Waals surface area contributed by atoms with E-state index in [2.05, 4.69) is 19.2 Å². The van der Waals surface area contributed by atoms with Crippen LogP contribution in [0.5, 0.6) is 0 Å². The van der Waals surface area contributed by atoms with Crippen LogP contribution >= 0.6 is 0 Å². The molecule has 0 aromatic heterocycles. The zero-order valence-corrected chi connectivity index (χ0v) is 12.4. The van der Waals surface area contributed by atoms with Gasteiger partial charge >= 0.3 is 0 Å². The zero-order valence-electron chi connectivity index (χ0n) is 12.4.